The highest BCUT2D eigenvalue weighted by Gasteiger charge is 2.34. The third-order valence-corrected chi connectivity index (χ3v) is 5.30. The van der Waals surface area contributed by atoms with Crippen LogP contribution < -0.4 is 15.4 Å². The zero-order valence-electron chi connectivity index (χ0n) is 17.3. The van der Waals surface area contributed by atoms with Gasteiger partial charge < -0.3 is 20.3 Å². The van der Waals surface area contributed by atoms with Crippen LogP contribution in [0.25, 0.3) is 0 Å². The Labute approximate surface area is 179 Å². The Kier molecular flexibility index (Phi) is 7.04. The minimum Gasteiger partial charge on any atom is -0.497 e. The second-order valence-electron chi connectivity index (χ2n) is 7.48. The third kappa shape index (κ3) is 6.03. The molecule has 2 aromatic rings. The largest absolute Gasteiger partial charge is 0.497 e. The Morgan fingerprint density at radius 2 is 1.90 bits per heavy atom. The van der Waals surface area contributed by atoms with Crippen molar-refractivity contribution in [3.05, 3.63) is 40.9 Å². The first-order chi connectivity index (χ1) is 14.4. The van der Waals surface area contributed by atoms with E-state index in [1.807, 2.05) is 13.8 Å². The highest BCUT2D eigenvalue weighted by Crippen LogP contribution is 2.28. The first kappa shape index (κ1) is 21.8. The summed E-state index contributed by atoms with van der Waals surface area (Å²) in [5, 5.41) is 7.71. The summed E-state index contributed by atoms with van der Waals surface area (Å²) in [6, 6.07) is 6.99. The summed E-state index contributed by atoms with van der Waals surface area (Å²) >= 11 is 1.26. The molecule has 3 rings (SSSR count). The molecule has 160 valence electrons. The molecule has 0 saturated heterocycles. The Hall–Kier alpha value is -2.94. The summed E-state index contributed by atoms with van der Waals surface area (Å²) in [6.45, 7) is 3.74. The minimum absolute atomic E-state index is 0.0434. The average molecular weight is 431 g/mol. The van der Waals surface area contributed by atoms with Gasteiger partial charge in [-0.1, -0.05) is 0 Å². The standard InChI is InChI=1S/C21H26N4O4S/c1-13(2)22-18(26)10-15-12-30-21(23-15)24-19(27)11-25(16-6-7-16)20(28)14-4-8-17(29-3)9-5-14/h4-5,8-9,12-13,16H,6-7,10-11H2,1-3H3,(H,22,26)(H,23,24,27). The smallest absolute Gasteiger partial charge is 0.254 e. The number of nitrogens with one attached hydrogen (secondary N) is 2. The fourth-order valence-corrected chi connectivity index (χ4v) is 3.68. The number of methoxy groups -OCH3 is 1. The Balaban J connectivity index is 1.58. The van der Waals surface area contributed by atoms with Crippen LogP contribution in [0.4, 0.5) is 5.13 Å². The van der Waals surface area contributed by atoms with E-state index in [1.165, 1.54) is 11.3 Å². The van der Waals surface area contributed by atoms with E-state index >= 15 is 0 Å². The first-order valence-corrected chi connectivity index (χ1v) is 10.7. The van der Waals surface area contributed by atoms with Crippen molar-refractivity contribution in [2.24, 2.45) is 0 Å². The summed E-state index contributed by atoms with van der Waals surface area (Å²) in [6.07, 6.45) is 1.94. The van der Waals surface area contributed by atoms with Crippen LogP contribution in [0.15, 0.2) is 29.6 Å². The molecule has 9 heteroatoms. The highest BCUT2D eigenvalue weighted by atomic mass is 32.1. The van der Waals surface area contributed by atoms with Crippen molar-refractivity contribution >= 4 is 34.2 Å². The van der Waals surface area contributed by atoms with E-state index in [1.54, 1.807) is 41.7 Å². The summed E-state index contributed by atoms with van der Waals surface area (Å²) in [4.78, 5) is 43.1. The summed E-state index contributed by atoms with van der Waals surface area (Å²) < 4.78 is 5.12. The van der Waals surface area contributed by atoms with Crippen LogP contribution >= 0.6 is 11.3 Å². The summed E-state index contributed by atoms with van der Waals surface area (Å²) in [5.74, 6) is 0.0684. The average Bonchev–Trinajstić information content (AvgIpc) is 3.46. The zero-order valence-corrected chi connectivity index (χ0v) is 18.1. The third-order valence-electron chi connectivity index (χ3n) is 4.49. The van der Waals surface area contributed by atoms with E-state index in [9.17, 15) is 14.4 Å². The van der Waals surface area contributed by atoms with Crippen molar-refractivity contribution in [3.8, 4) is 5.75 Å². The molecule has 1 aliphatic rings. The van der Waals surface area contributed by atoms with E-state index in [0.29, 0.717) is 22.1 Å². The Bertz CT molecular complexity index is 906. The number of hydrogen-bond donors (Lipinski definition) is 2. The van der Waals surface area contributed by atoms with Gasteiger partial charge >= 0.3 is 0 Å². The molecule has 30 heavy (non-hydrogen) atoms. The van der Waals surface area contributed by atoms with Crippen LogP contribution in [0.5, 0.6) is 5.75 Å². The lowest BCUT2D eigenvalue weighted by Gasteiger charge is -2.21. The van der Waals surface area contributed by atoms with Crippen molar-refractivity contribution < 1.29 is 19.1 Å². The zero-order chi connectivity index (χ0) is 21.7. The van der Waals surface area contributed by atoms with Gasteiger partial charge in [0.25, 0.3) is 5.91 Å². The fourth-order valence-electron chi connectivity index (χ4n) is 2.95. The molecule has 1 aromatic heterocycles. The maximum Gasteiger partial charge on any atom is 0.254 e. The number of ether oxygens (including phenoxy) is 1. The van der Waals surface area contributed by atoms with Crippen molar-refractivity contribution in [3.63, 3.8) is 0 Å². The van der Waals surface area contributed by atoms with E-state index in [-0.39, 0.29) is 42.8 Å². The Morgan fingerprint density at radius 1 is 1.20 bits per heavy atom. The van der Waals surface area contributed by atoms with E-state index in [0.717, 1.165) is 12.8 Å². The predicted octanol–water partition coefficient (Wildman–Crippen LogP) is 2.46. The lowest BCUT2D eigenvalue weighted by Crippen LogP contribution is -2.39. The topological polar surface area (TPSA) is 101 Å². The van der Waals surface area contributed by atoms with Crippen LogP contribution in [0.3, 0.4) is 0 Å². The number of hydrogen-bond acceptors (Lipinski definition) is 6. The van der Waals surface area contributed by atoms with Crippen molar-refractivity contribution in [2.45, 2.75) is 45.2 Å². The maximum absolute atomic E-state index is 12.9. The predicted molar refractivity (Wildman–Crippen MR) is 115 cm³/mol. The van der Waals surface area contributed by atoms with Gasteiger partial charge in [-0.2, -0.15) is 0 Å². The summed E-state index contributed by atoms with van der Waals surface area (Å²) in [5.41, 5.74) is 1.12. The molecule has 1 heterocycles. The molecule has 8 nitrogen and oxygen atoms in total. The SMILES string of the molecule is COc1ccc(C(=O)N(CC(=O)Nc2nc(CC(=O)NC(C)C)cs2)C2CC2)cc1. The van der Waals surface area contributed by atoms with E-state index in [2.05, 4.69) is 15.6 Å². The van der Waals surface area contributed by atoms with Gasteiger partial charge in [-0.25, -0.2) is 4.98 Å². The van der Waals surface area contributed by atoms with Crippen molar-refractivity contribution in [2.75, 3.05) is 19.0 Å². The molecule has 1 saturated carbocycles. The number of aromatic nitrogens is 1. The number of rotatable bonds is 9. The molecule has 0 radical (unpaired) electrons. The van der Waals surface area contributed by atoms with Gasteiger partial charge in [-0.3, -0.25) is 14.4 Å². The second kappa shape index (κ2) is 9.71. The lowest BCUT2D eigenvalue weighted by atomic mass is 10.2. The van der Waals surface area contributed by atoms with Gasteiger partial charge in [0, 0.05) is 23.0 Å². The van der Waals surface area contributed by atoms with Crippen molar-refractivity contribution in [1.82, 2.24) is 15.2 Å². The molecule has 0 spiro atoms. The molecule has 2 N–H and O–H groups in total. The number of anilines is 1. The number of amides is 3. The fraction of sp³-hybridized carbons (Fsp3) is 0.429. The Morgan fingerprint density at radius 3 is 2.50 bits per heavy atom. The van der Waals surface area contributed by atoms with Gasteiger partial charge in [-0.05, 0) is 51.0 Å². The minimum atomic E-state index is -0.309. The van der Waals surface area contributed by atoms with Crippen LogP contribution in [0, 0.1) is 0 Å². The number of carbonyl (C=O) groups excluding carboxylic acids is 3. The quantitative estimate of drug-likeness (QED) is 0.637. The molecular weight excluding hydrogens is 404 g/mol. The van der Waals surface area contributed by atoms with E-state index in [4.69, 9.17) is 4.74 Å². The molecule has 0 aliphatic heterocycles. The van der Waals surface area contributed by atoms with Crippen LogP contribution in [-0.4, -0.2) is 53.3 Å². The van der Waals surface area contributed by atoms with Gasteiger partial charge in [0.05, 0.1) is 19.2 Å². The van der Waals surface area contributed by atoms with Gasteiger partial charge in [-0.15, -0.1) is 11.3 Å². The number of nitrogens with zero attached hydrogens (tertiary/aromatic N) is 2. The maximum atomic E-state index is 12.9. The highest BCUT2D eigenvalue weighted by molar-refractivity contribution is 7.13. The van der Waals surface area contributed by atoms with Crippen molar-refractivity contribution in [1.29, 1.82) is 0 Å². The van der Waals surface area contributed by atoms with Gasteiger partial charge in [0.2, 0.25) is 11.8 Å². The monoisotopic (exact) mass is 430 g/mol. The van der Waals surface area contributed by atoms with Gasteiger partial charge in [0.1, 0.15) is 12.3 Å². The molecule has 0 unspecified atom stereocenters. The number of thiazole rings is 1. The van der Waals surface area contributed by atoms with E-state index < -0.39 is 0 Å². The van der Waals surface area contributed by atoms with Gasteiger partial charge in [0.15, 0.2) is 5.13 Å². The molecule has 0 bridgehead atoms. The first-order valence-electron chi connectivity index (χ1n) is 9.84. The molecule has 1 fully saturated rings. The lowest BCUT2D eigenvalue weighted by molar-refractivity contribution is -0.121. The number of benzene rings is 1. The molecule has 3 amide bonds. The summed E-state index contributed by atoms with van der Waals surface area (Å²) in [7, 11) is 1.57. The van der Waals surface area contributed by atoms with Crippen LogP contribution in [0.2, 0.25) is 0 Å². The molecular formula is C21H26N4O4S. The van der Waals surface area contributed by atoms with Crippen LogP contribution in [-0.2, 0) is 16.0 Å². The number of carbonyl (C=O) groups is 3. The second-order valence-corrected chi connectivity index (χ2v) is 8.34. The molecule has 1 aliphatic carbocycles. The molecule has 1 aromatic carbocycles. The van der Waals surface area contributed by atoms with Crippen LogP contribution in [0.1, 0.15) is 42.7 Å². The normalized spacial score (nSPS) is 13.1. The molecule has 0 atom stereocenters.